The molecule has 3 rings (SSSR count). The first-order valence-corrected chi connectivity index (χ1v) is 9.22. The van der Waals surface area contributed by atoms with Gasteiger partial charge in [-0.05, 0) is 39.2 Å². The van der Waals surface area contributed by atoms with Gasteiger partial charge in [-0.1, -0.05) is 30.3 Å². The number of likely N-dealkylation sites (tertiary alicyclic amines) is 1. The van der Waals surface area contributed by atoms with Crippen LogP contribution in [0.15, 0.2) is 30.3 Å². The van der Waals surface area contributed by atoms with Crippen molar-refractivity contribution >= 4 is 11.9 Å². The minimum Gasteiger partial charge on any atom is -0.467 e. The highest BCUT2D eigenvalue weighted by Gasteiger charge is 2.48. The first-order valence-electron chi connectivity index (χ1n) is 9.22. The van der Waals surface area contributed by atoms with Gasteiger partial charge in [-0.2, -0.15) is 0 Å². The standard InChI is InChI=1S/C20H28N2O4/c1-14(18(23)21-12-8-11-16(21)19(24)25-4)22-17(13-26-20(22,2)3)15-9-6-5-7-10-15/h5-7,9-10,14,16-17H,8,11-13H2,1-4H3/t14-,16-,17-/m0/s1. The molecule has 26 heavy (non-hydrogen) atoms. The molecule has 2 aliphatic heterocycles. The quantitative estimate of drug-likeness (QED) is 0.772. The number of hydrogen-bond acceptors (Lipinski definition) is 5. The molecule has 0 bridgehead atoms. The summed E-state index contributed by atoms with van der Waals surface area (Å²) in [6.07, 6.45) is 1.48. The van der Waals surface area contributed by atoms with E-state index < -0.39 is 17.8 Å². The second-order valence-electron chi connectivity index (χ2n) is 7.48. The molecule has 0 aliphatic carbocycles. The van der Waals surface area contributed by atoms with E-state index in [2.05, 4.69) is 17.0 Å². The van der Waals surface area contributed by atoms with Gasteiger partial charge >= 0.3 is 5.97 Å². The third-order valence-corrected chi connectivity index (χ3v) is 5.52. The number of ether oxygens (including phenoxy) is 2. The van der Waals surface area contributed by atoms with Gasteiger partial charge in [-0.15, -0.1) is 0 Å². The Hall–Kier alpha value is -1.92. The van der Waals surface area contributed by atoms with E-state index in [-0.39, 0.29) is 17.9 Å². The Labute approximate surface area is 155 Å². The number of methoxy groups -OCH3 is 1. The molecule has 142 valence electrons. The lowest BCUT2D eigenvalue weighted by Crippen LogP contribution is -2.55. The summed E-state index contributed by atoms with van der Waals surface area (Å²) in [6.45, 7) is 7.01. The summed E-state index contributed by atoms with van der Waals surface area (Å²) in [5, 5.41) is 0. The fraction of sp³-hybridized carbons (Fsp3) is 0.600. The summed E-state index contributed by atoms with van der Waals surface area (Å²) in [6, 6.07) is 9.23. The highest BCUT2D eigenvalue weighted by atomic mass is 16.5. The topological polar surface area (TPSA) is 59.1 Å². The largest absolute Gasteiger partial charge is 0.467 e. The molecule has 6 nitrogen and oxygen atoms in total. The second-order valence-corrected chi connectivity index (χ2v) is 7.48. The van der Waals surface area contributed by atoms with Crippen LogP contribution in [0.25, 0.3) is 0 Å². The number of carbonyl (C=O) groups is 2. The maximum Gasteiger partial charge on any atom is 0.328 e. The normalized spacial score (nSPS) is 26.7. The molecule has 0 N–H and O–H groups in total. The van der Waals surface area contributed by atoms with Crippen molar-refractivity contribution in [1.29, 1.82) is 0 Å². The number of nitrogens with zero attached hydrogens (tertiary/aromatic N) is 2. The molecule has 2 aliphatic rings. The van der Waals surface area contributed by atoms with Gasteiger partial charge < -0.3 is 14.4 Å². The van der Waals surface area contributed by atoms with Crippen molar-refractivity contribution in [3.8, 4) is 0 Å². The number of hydrogen-bond donors (Lipinski definition) is 0. The fourth-order valence-corrected chi connectivity index (χ4v) is 4.25. The predicted molar refractivity (Wildman–Crippen MR) is 97.3 cm³/mol. The van der Waals surface area contributed by atoms with Crippen molar-refractivity contribution in [2.75, 3.05) is 20.3 Å². The maximum atomic E-state index is 13.2. The molecule has 2 heterocycles. The molecule has 0 radical (unpaired) electrons. The minimum absolute atomic E-state index is 0.00401. The summed E-state index contributed by atoms with van der Waals surface area (Å²) < 4.78 is 10.9. The van der Waals surface area contributed by atoms with Crippen LogP contribution in [-0.2, 0) is 19.1 Å². The molecule has 0 aromatic heterocycles. The van der Waals surface area contributed by atoms with Crippen LogP contribution in [0, 0.1) is 0 Å². The van der Waals surface area contributed by atoms with E-state index in [1.54, 1.807) is 4.90 Å². The van der Waals surface area contributed by atoms with Crippen LogP contribution in [0.3, 0.4) is 0 Å². The van der Waals surface area contributed by atoms with E-state index in [1.807, 2.05) is 39.0 Å². The van der Waals surface area contributed by atoms with Crippen molar-refractivity contribution in [3.63, 3.8) is 0 Å². The van der Waals surface area contributed by atoms with Crippen molar-refractivity contribution in [2.45, 2.75) is 57.5 Å². The Morgan fingerprint density at radius 3 is 2.62 bits per heavy atom. The van der Waals surface area contributed by atoms with Gasteiger partial charge in [0.2, 0.25) is 5.91 Å². The van der Waals surface area contributed by atoms with Gasteiger partial charge in [-0.25, -0.2) is 4.79 Å². The first kappa shape index (κ1) is 18.9. The summed E-state index contributed by atoms with van der Waals surface area (Å²) in [5.41, 5.74) is 0.569. The zero-order chi connectivity index (χ0) is 18.9. The van der Waals surface area contributed by atoms with Crippen molar-refractivity contribution in [2.24, 2.45) is 0 Å². The molecular formula is C20H28N2O4. The molecule has 0 spiro atoms. The van der Waals surface area contributed by atoms with E-state index in [0.717, 1.165) is 12.0 Å². The van der Waals surface area contributed by atoms with Crippen LogP contribution in [-0.4, -0.2) is 59.7 Å². The van der Waals surface area contributed by atoms with Gasteiger partial charge in [0.15, 0.2) is 0 Å². The third kappa shape index (κ3) is 3.35. The van der Waals surface area contributed by atoms with Crippen LogP contribution in [0.2, 0.25) is 0 Å². The maximum absolute atomic E-state index is 13.2. The smallest absolute Gasteiger partial charge is 0.328 e. The average Bonchev–Trinajstić information content (AvgIpc) is 3.24. The zero-order valence-electron chi connectivity index (χ0n) is 16.0. The number of rotatable bonds is 4. The van der Waals surface area contributed by atoms with Crippen molar-refractivity contribution in [1.82, 2.24) is 9.80 Å². The monoisotopic (exact) mass is 360 g/mol. The van der Waals surface area contributed by atoms with Crippen LogP contribution in [0.5, 0.6) is 0 Å². The molecule has 6 heteroatoms. The molecular weight excluding hydrogens is 332 g/mol. The van der Waals surface area contributed by atoms with Crippen LogP contribution in [0.1, 0.15) is 45.2 Å². The van der Waals surface area contributed by atoms with Gasteiger partial charge in [0.25, 0.3) is 0 Å². The lowest BCUT2D eigenvalue weighted by molar-refractivity contribution is -0.155. The molecule has 2 fully saturated rings. The summed E-state index contributed by atoms with van der Waals surface area (Å²) >= 11 is 0. The Kier molecular flexibility index (Phi) is 5.34. The van der Waals surface area contributed by atoms with Gasteiger partial charge in [-0.3, -0.25) is 9.69 Å². The molecule has 2 saturated heterocycles. The zero-order valence-corrected chi connectivity index (χ0v) is 16.0. The Bertz CT molecular complexity index is 661. The SMILES string of the molecule is COC(=O)[C@@H]1CCCN1C(=O)[C@H](C)N1[C@H](c2ccccc2)COC1(C)C. The Morgan fingerprint density at radius 1 is 1.27 bits per heavy atom. The van der Waals surface area contributed by atoms with E-state index in [4.69, 9.17) is 9.47 Å². The first-order chi connectivity index (χ1) is 12.4. The van der Waals surface area contributed by atoms with Gasteiger partial charge in [0, 0.05) is 6.54 Å². The van der Waals surface area contributed by atoms with Crippen molar-refractivity contribution < 1.29 is 19.1 Å². The number of benzene rings is 1. The van der Waals surface area contributed by atoms with E-state index in [9.17, 15) is 9.59 Å². The second kappa shape index (κ2) is 7.37. The third-order valence-electron chi connectivity index (χ3n) is 5.52. The number of esters is 1. The fourth-order valence-electron chi connectivity index (χ4n) is 4.25. The Morgan fingerprint density at radius 2 is 1.96 bits per heavy atom. The highest BCUT2D eigenvalue weighted by Crippen LogP contribution is 2.39. The van der Waals surface area contributed by atoms with E-state index >= 15 is 0 Å². The van der Waals surface area contributed by atoms with Crippen LogP contribution in [0.4, 0.5) is 0 Å². The highest BCUT2D eigenvalue weighted by molar-refractivity contribution is 5.88. The minimum atomic E-state index is -0.559. The molecule has 1 aromatic carbocycles. The van der Waals surface area contributed by atoms with Gasteiger partial charge in [0.1, 0.15) is 11.8 Å². The van der Waals surface area contributed by atoms with Crippen LogP contribution < -0.4 is 0 Å². The van der Waals surface area contributed by atoms with Gasteiger partial charge in [0.05, 0.1) is 25.8 Å². The summed E-state index contributed by atoms with van der Waals surface area (Å²) in [7, 11) is 1.37. The number of amides is 1. The molecule has 0 saturated carbocycles. The Balaban J connectivity index is 1.85. The number of carbonyl (C=O) groups excluding carboxylic acids is 2. The summed E-state index contributed by atoms with van der Waals surface area (Å²) in [4.78, 5) is 29.1. The van der Waals surface area contributed by atoms with Crippen molar-refractivity contribution in [3.05, 3.63) is 35.9 Å². The van der Waals surface area contributed by atoms with Crippen LogP contribution >= 0.6 is 0 Å². The molecule has 1 amide bonds. The molecule has 3 atom stereocenters. The van der Waals surface area contributed by atoms with E-state index in [0.29, 0.717) is 19.6 Å². The molecule has 0 unspecified atom stereocenters. The lowest BCUT2D eigenvalue weighted by atomic mass is 10.0. The van der Waals surface area contributed by atoms with E-state index in [1.165, 1.54) is 7.11 Å². The lowest BCUT2D eigenvalue weighted by Gasteiger charge is -2.39. The summed E-state index contributed by atoms with van der Waals surface area (Å²) in [5.74, 6) is -0.378. The molecule has 1 aromatic rings. The predicted octanol–water partition coefficient (Wildman–Crippen LogP) is 2.35. The average molecular weight is 360 g/mol.